The number of benzene rings is 2. The fourth-order valence-corrected chi connectivity index (χ4v) is 2.36. The molecule has 2 aromatic carbocycles. The average molecular weight is 296 g/mol. The summed E-state index contributed by atoms with van der Waals surface area (Å²) in [6, 6.07) is 20.6. The molecule has 2 aromatic rings. The van der Waals surface area contributed by atoms with Gasteiger partial charge in [-0.15, -0.1) is 6.42 Å². The summed E-state index contributed by atoms with van der Waals surface area (Å²) in [6.07, 6.45) is 5.72. The zero-order chi connectivity index (χ0) is 16.7. The zero-order valence-corrected chi connectivity index (χ0v) is 13.9. The molecule has 0 spiro atoms. The Morgan fingerprint density at radius 3 is 1.61 bits per heavy atom. The van der Waals surface area contributed by atoms with Crippen molar-refractivity contribution in [2.75, 3.05) is 0 Å². The van der Waals surface area contributed by atoms with Crippen LogP contribution in [0, 0.1) is 12.3 Å². The van der Waals surface area contributed by atoms with E-state index in [-0.39, 0.29) is 0 Å². The minimum atomic E-state index is 0.730. The van der Waals surface area contributed by atoms with E-state index in [1.807, 2.05) is 57.2 Å². The normalized spacial score (nSPS) is 9.13. The predicted octanol–water partition coefficient (Wildman–Crippen LogP) is 5.79. The van der Waals surface area contributed by atoms with E-state index in [0.29, 0.717) is 0 Å². The highest BCUT2D eigenvalue weighted by molar-refractivity contribution is 5.85. The Morgan fingerprint density at radius 2 is 1.22 bits per heavy atom. The van der Waals surface area contributed by atoms with Gasteiger partial charge in [-0.05, 0) is 48.6 Å². The van der Waals surface area contributed by atoms with Crippen LogP contribution in [-0.4, -0.2) is 0 Å². The second kappa shape index (κ2) is 7.88. The van der Waals surface area contributed by atoms with Crippen LogP contribution in [0.2, 0.25) is 0 Å². The van der Waals surface area contributed by atoms with Crippen molar-refractivity contribution in [2.45, 2.75) is 20.8 Å². The van der Waals surface area contributed by atoms with Crippen LogP contribution in [0.15, 0.2) is 88.8 Å². The Morgan fingerprint density at radius 1 is 0.739 bits per heavy atom. The topological polar surface area (TPSA) is 0 Å². The van der Waals surface area contributed by atoms with Crippen LogP contribution in [0.1, 0.15) is 31.9 Å². The molecule has 0 radical (unpaired) electrons. The van der Waals surface area contributed by atoms with Gasteiger partial charge in [0, 0.05) is 0 Å². The maximum atomic E-state index is 5.72. The third-order valence-electron chi connectivity index (χ3n) is 3.46. The number of allylic oxidation sites excluding steroid dienone is 3. The van der Waals surface area contributed by atoms with Gasteiger partial charge < -0.3 is 0 Å². The summed E-state index contributed by atoms with van der Waals surface area (Å²) in [4.78, 5) is 0. The largest absolute Gasteiger partial charge is 0.114 e. The number of hydrogen-bond donors (Lipinski definition) is 0. The summed E-state index contributed by atoms with van der Waals surface area (Å²) in [6.45, 7) is 6.01. The van der Waals surface area contributed by atoms with E-state index in [9.17, 15) is 0 Å². The van der Waals surface area contributed by atoms with E-state index in [4.69, 9.17) is 6.42 Å². The average Bonchev–Trinajstić information content (AvgIpc) is 2.57. The van der Waals surface area contributed by atoms with Gasteiger partial charge in [0.25, 0.3) is 0 Å². The highest BCUT2D eigenvalue weighted by Crippen LogP contribution is 2.29. The van der Waals surface area contributed by atoms with Gasteiger partial charge in [0.2, 0.25) is 0 Å². The van der Waals surface area contributed by atoms with E-state index in [0.717, 1.165) is 33.4 Å². The standard InChI is InChI=1S/C23H20/c1-5-20(17-16-18(2)3)19(4)23(21-12-8-6-9-13-21)22-14-10-7-11-15-22/h1,6-15H,2-4H3. The Labute approximate surface area is 139 Å². The summed E-state index contributed by atoms with van der Waals surface area (Å²) in [7, 11) is 0. The molecule has 0 atom stereocenters. The molecule has 0 saturated carbocycles. The van der Waals surface area contributed by atoms with Gasteiger partial charge in [0.05, 0.1) is 5.57 Å². The van der Waals surface area contributed by atoms with Crippen molar-refractivity contribution in [3.63, 3.8) is 0 Å². The first-order chi connectivity index (χ1) is 11.1. The van der Waals surface area contributed by atoms with E-state index in [1.165, 1.54) is 0 Å². The SMILES string of the molecule is C#CC(=C=C=C(C)C)C(C)=C(c1ccccc1)c1ccccc1. The maximum Gasteiger partial charge on any atom is 0.0780 e. The molecule has 0 aromatic heterocycles. The van der Waals surface area contributed by atoms with E-state index in [1.54, 1.807) is 0 Å². The Kier molecular flexibility index (Phi) is 5.62. The van der Waals surface area contributed by atoms with Crippen LogP contribution >= 0.6 is 0 Å². The molecule has 0 fully saturated rings. The molecular formula is C23H20. The third kappa shape index (κ3) is 4.26. The first-order valence-corrected chi connectivity index (χ1v) is 7.61. The summed E-state index contributed by atoms with van der Waals surface area (Å²) in [5, 5.41) is 0. The van der Waals surface area contributed by atoms with Crippen LogP contribution in [0.3, 0.4) is 0 Å². The quantitative estimate of drug-likeness (QED) is 0.382. The van der Waals surface area contributed by atoms with Gasteiger partial charge in [0.1, 0.15) is 0 Å². The van der Waals surface area contributed by atoms with Gasteiger partial charge in [0.15, 0.2) is 0 Å². The molecule has 0 nitrogen and oxygen atoms in total. The molecule has 2 rings (SSSR count). The minimum Gasteiger partial charge on any atom is -0.114 e. The Bertz CT molecular complexity index is 798. The van der Waals surface area contributed by atoms with Crippen molar-refractivity contribution in [1.82, 2.24) is 0 Å². The fraction of sp³-hybridized carbons (Fsp3) is 0.130. The molecule has 0 saturated heterocycles. The predicted molar refractivity (Wildman–Crippen MR) is 98.8 cm³/mol. The molecule has 0 heterocycles. The highest BCUT2D eigenvalue weighted by Gasteiger charge is 2.10. The highest BCUT2D eigenvalue weighted by atomic mass is 14.1. The van der Waals surface area contributed by atoms with E-state index < -0.39 is 0 Å². The number of terminal acetylenes is 1. The zero-order valence-electron chi connectivity index (χ0n) is 13.9. The molecule has 0 aliphatic carbocycles. The van der Waals surface area contributed by atoms with Crippen molar-refractivity contribution in [3.8, 4) is 12.3 Å². The molecule has 23 heavy (non-hydrogen) atoms. The molecular weight excluding hydrogens is 276 g/mol. The fourth-order valence-electron chi connectivity index (χ4n) is 2.36. The Balaban J connectivity index is 2.79. The van der Waals surface area contributed by atoms with Crippen LogP contribution in [0.4, 0.5) is 0 Å². The summed E-state index contributed by atoms with van der Waals surface area (Å²) in [5.74, 6) is 2.75. The van der Waals surface area contributed by atoms with Crippen LogP contribution in [0.5, 0.6) is 0 Å². The van der Waals surface area contributed by atoms with Gasteiger partial charge in [-0.3, -0.25) is 0 Å². The van der Waals surface area contributed by atoms with Gasteiger partial charge in [-0.25, -0.2) is 0 Å². The first kappa shape index (κ1) is 16.4. The van der Waals surface area contributed by atoms with Crippen molar-refractivity contribution in [2.24, 2.45) is 0 Å². The summed E-state index contributed by atoms with van der Waals surface area (Å²) in [5.41, 5.74) is 12.4. The van der Waals surface area contributed by atoms with E-state index in [2.05, 4.69) is 41.6 Å². The Hall–Kier alpha value is -2.96. The van der Waals surface area contributed by atoms with Gasteiger partial charge in [-0.2, -0.15) is 0 Å². The summed E-state index contributed by atoms with van der Waals surface area (Å²) < 4.78 is 0. The molecule has 0 bridgehead atoms. The lowest BCUT2D eigenvalue weighted by molar-refractivity contribution is 1.40. The number of hydrogen-bond acceptors (Lipinski definition) is 0. The molecule has 0 unspecified atom stereocenters. The van der Waals surface area contributed by atoms with Crippen molar-refractivity contribution >= 4 is 5.57 Å². The smallest absolute Gasteiger partial charge is 0.0780 e. The second-order valence-electron chi connectivity index (χ2n) is 5.50. The molecule has 0 heteroatoms. The lowest BCUT2D eigenvalue weighted by Gasteiger charge is -2.12. The number of rotatable bonds is 3. The molecule has 112 valence electrons. The van der Waals surface area contributed by atoms with Gasteiger partial charge >= 0.3 is 0 Å². The molecule has 0 aliphatic rings. The van der Waals surface area contributed by atoms with Crippen LogP contribution in [-0.2, 0) is 0 Å². The van der Waals surface area contributed by atoms with Gasteiger partial charge in [-0.1, -0.05) is 78.0 Å². The second-order valence-corrected chi connectivity index (χ2v) is 5.50. The van der Waals surface area contributed by atoms with Crippen LogP contribution < -0.4 is 0 Å². The lowest BCUT2D eigenvalue weighted by Crippen LogP contribution is -1.94. The minimum absolute atomic E-state index is 0.730. The lowest BCUT2D eigenvalue weighted by atomic mass is 9.90. The monoisotopic (exact) mass is 296 g/mol. The summed E-state index contributed by atoms with van der Waals surface area (Å²) >= 11 is 0. The van der Waals surface area contributed by atoms with Crippen molar-refractivity contribution in [1.29, 1.82) is 0 Å². The van der Waals surface area contributed by atoms with Crippen LogP contribution in [0.25, 0.3) is 5.57 Å². The maximum absolute atomic E-state index is 5.72. The van der Waals surface area contributed by atoms with Crippen molar-refractivity contribution < 1.29 is 0 Å². The van der Waals surface area contributed by atoms with Crippen molar-refractivity contribution in [3.05, 3.63) is 100.0 Å². The first-order valence-electron chi connectivity index (χ1n) is 7.61. The molecule has 0 N–H and O–H groups in total. The van der Waals surface area contributed by atoms with E-state index >= 15 is 0 Å². The third-order valence-corrected chi connectivity index (χ3v) is 3.46. The molecule has 0 aliphatic heterocycles. The molecule has 0 amide bonds.